The Morgan fingerprint density at radius 2 is 2.10 bits per heavy atom. The molecule has 1 aliphatic rings. The maximum atomic E-state index is 11.1. The molecule has 0 N–H and O–H groups in total. The molecule has 1 aliphatic heterocycles. The van der Waals surface area contributed by atoms with Gasteiger partial charge in [0.1, 0.15) is 12.4 Å². The van der Waals surface area contributed by atoms with Gasteiger partial charge >= 0.3 is 5.97 Å². The molecule has 0 aliphatic carbocycles. The zero-order chi connectivity index (χ0) is 14.9. The van der Waals surface area contributed by atoms with E-state index in [9.17, 15) is 4.79 Å². The summed E-state index contributed by atoms with van der Waals surface area (Å²) in [5.41, 5.74) is 0. The quantitative estimate of drug-likeness (QED) is 0.547. The highest BCUT2D eigenvalue weighted by Crippen LogP contribution is 2.12. The van der Waals surface area contributed by atoms with Gasteiger partial charge in [0, 0.05) is 38.9 Å². The molecule has 2 rings (SSSR count). The van der Waals surface area contributed by atoms with E-state index in [4.69, 9.17) is 9.47 Å². The van der Waals surface area contributed by atoms with Gasteiger partial charge in [0.2, 0.25) is 0 Å². The van der Waals surface area contributed by atoms with Crippen molar-refractivity contribution in [1.82, 2.24) is 9.88 Å². The van der Waals surface area contributed by atoms with Crippen molar-refractivity contribution in [1.29, 1.82) is 0 Å². The van der Waals surface area contributed by atoms with Crippen LogP contribution < -0.4 is 4.90 Å². The Hall–Kier alpha value is -1.66. The first-order valence-electron chi connectivity index (χ1n) is 7.41. The molecule has 0 unspecified atom stereocenters. The molecule has 0 atom stereocenters. The monoisotopic (exact) mass is 293 g/mol. The summed E-state index contributed by atoms with van der Waals surface area (Å²) in [4.78, 5) is 20.1. The predicted octanol–water partition coefficient (Wildman–Crippen LogP) is 0.783. The van der Waals surface area contributed by atoms with Crippen LogP contribution in [-0.2, 0) is 14.3 Å². The van der Waals surface area contributed by atoms with Crippen LogP contribution in [0.15, 0.2) is 24.4 Å². The minimum atomic E-state index is -0.294. The summed E-state index contributed by atoms with van der Waals surface area (Å²) < 4.78 is 10.1. The Kier molecular flexibility index (Phi) is 6.43. The zero-order valence-corrected chi connectivity index (χ0v) is 12.5. The Labute approximate surface area is 125 Å². The van der Waals surface area contributed by atoms with Crippen molar-refractivity contribution in [2.24, 2.45) is 0 Å². The lowest BCUT2D eigenvalue weighted by Gasteiger charge is -2.35. The maximum absolute atomic E-state index is 11.1. The van der Waals surface area contributed by atoms with Crippen molar-refractivity contribution in [2.45, 2.75) is 6.92 Å². The van der Waals surface area contributed by atoms with Gasteiger partial charge in [0.15, 0.2) is 0 Å². The van der Waals surface area contributed by atoms with Gasteiger partial charge in [-0.05, 0) is 19.1 Å². The van der Waals surface area contributed by atoms with E-state index in [1.165, 1.54) is 0 Å². The number of pyridine rings is 1. The van der Waals surface area contributed by atoms with Crippen LogP contribution in [0.2, 0.25) is 0 Å². The fourth-order valence-corrected chi connectivity index (χ4v) is 2.29. The zero-order valence-electron chi connectivity index (χ0n) is 12.5. The third kappa shape index (κ3) is 5.32. The van der Waals surface area contributed by atoms with Crippen LogP contribution in [0.3, 0.4) is 0 Å². The second-order valence-electron chi connectivity index (χ2n) is 4.87. The van der Waals surface area contributed by atoms with Crippen molar-refractivity contribution < 1.29 is 14.3 Å². The smallest absolute Gasteiger partial charge is 0.332 e. The molecular weight excluding hydrogens is 270 g/mol. The molecule has 1 aromatic heterocycles. The highest BCUT2D eigenvalue weighted by Gasteiger charge is 2.17. The number of hydrogen-bond acceptors (Lipinski definition) is 6. The average molecular weight is 293 g/mol. The van der Waals surface area contributed by atoms with Crippen LogP contribution in [0, 0.1) is 0 Å². The number of carbonyl (C=O) groups is 1. The van der Waals surface area contributed by atoms with E-state index in [0.717, 1.165) is 38.5 Å². The summed E-state index contributed by atoms with van der Waals surface area (Å²) in [6.45, 7) is 7.54. The fraction of sp³-hybridized carbons (Fsp3) is 0.600. The average Bonchev–Trinajstić information content (AvgIpc) is 2.53. The minimum absolute atomic E-state index is 0.0434. The third-order valence-electron chi connectivity index (χ3n) is 3.42. The molecule has 0 aromatic carbocycles. The van der Waals surface area contributed by atoms with E-state index in [-0.39, 0.29) is 12.6 Å². The minimum Gasteiger partial charge on any atom is -0.464 e. The Morgan fingerprint density at radius 1 is 1.29 bits per heavy atom. The molecule has 2 heterocycles. The molecule has 0 saturated carbocycles. The predicted molar refractivity (Wildman–Crippen MR) is 80.3 cm³/mol. The lowest BCUT2D eigenvalue weighted by molar-refractivity contribution is -0.148. The van der Waals surface area contributed by atoms with Crippen LogP contribution in [0.1, 0.15) is 6.92 Å². The first kappa shape index (κ1) is 15.7. The van der Waals surface area contributed by atoms with Gasteiger partial charge in [-0.25, -0.2) is 9.78 Å². The third-order valence-corrected chi connectivity index (χ3v) is 3.42. The summed E-state index contributed by atoms with van der Waals surface area (Å²) in [7, 11) is 0. The molecule has 1 saturated heterocycles. The number of ether oxygens (including phenoxy) is 2. The van der Waals surface area contributed by atoms with E-state index in [2.05, 4.69) is 14.8 Å². The van der Waals surface area contributed by atoms with Gasteiger partial charge in [-0.2, -0.15) is 0 Å². The van der Waals surface area contributed by atoms with E-state index >= 15 is 0 Å². The van der Waals surface area contributed by atoms with Gasteiger partial charge in [-0.1, -0.05) is 6.07 Å². The number of esters is 1. The molecule has 0 radical (unpaired) electrons. The summed E-state index contributed by atoms with van der Waals surface area (Å²) in [5, 5.41) is 0. The molecule has 116 valence electrons. The Bertz CT molecular complexity index is 419. The van der Waals surface area contributed by atoms with Crippen molar-refractivity contribution >= 4 is 11.8 Å². The second-order valence-corrected chi connectivity index (χ2v) is 4.87. The molecule has 1 aromatic rings. The van der Waals surface area contributed by atoms with Crippen LogP contribution in [0.4, 0.5) is 5.82 Å². The first-order chi connectivity index (χ1) is 10.3. The molecule has 6 nitrogen and oxygen atoms in total. The number of aromatic nitrogens is 1. The molecule has 0 spiro atoms. The van der Waals surface area contributed by atoms with Crippen LogP contribution in [0.25, 0.3) is 0 Å². The molecule has 0 bridgehead atoms. The van der Waals surface area contributed by atoms with Gasteiger partial charge < -0.3 is 14.4 Å². The summed E-state index contributed by atoms with van der Waals surface area (Å²) >= 11 is 0. The van der Waals surface area contributed by atoms with Crippen molar-refractivity contribution in [3.05, 3.63) is 24.4 Å². The largest absolute Gasteiger partial charge is 0.464 e. The maximum Gasteiger partial charge on any atom is 0.332 e. The van der Waals surface area contributed by atoms with E-state index in [0.29, 0.717) is 13.2 Å². The Morgan fingerprint density at radius 3 is 2.76 bits per heavy atom. The van der Waals surface area contributed by atoms with E-state index < -0.39 is 0 Å². The summed E-state index contributed by atoms with van der Waals surface area (Å²) in [6, 6.07) is 5.98. The van der Waals surface area contributed by atoms with Crippen LogP contribution >= 0.6 is 0 Å². The van der Waals surface area contributed by atoms with Crippen molar-refractivity contribution in [2.75, 3.05) is 57.4 Å². The number of nitrogens with zero attached hydrogens (tertiary/aromatic N) is 3. The van der Waals surface area contributed by atoms with Crippen molar-refractivity contribution in [3.63, 3.8) is 0 Å². The number of piperazine rings is 1. The number of anilines is 1. The molecule has 6 heteroatoms. The normalized spacial score (nSPS) is 16.0. The van der Waals surface area contributed by atoms with Crippen LogP contribution in [0.5, 0.6) is 0 Å². The van der Waals surface area contributed by atoms with Gasteiger partial charge in [0.05, 0.1) is 13.2 Å². The van der Waals surface area contributed by atoms with Crippen LogP contribution in [-0.4, -0.2) is 68.4 Å². The highest BCUT2D eigenvalue weighted by atomic mass is 16.6. The lowest BCUT2D eigenvalue weighted by atomic mass is 10.3. The molecule has 21 heavy (non-hydrogen) atoms. The fourth-order valence-electron chi connectivity index (χ4n) is 2.29. The highest BCUT2D eigenvalue weighted by molar-refractivity contribution is 5.70. The molecule has 0 amide bonds. The first-order valence-corrected chi connectivity index (χ1v) is 7.41. The van der Waals surface area contributed by atoms with Gasteiger partial charge in [-0.3, -0.25) is 4.90 Å². The van der Waals surface area contributed by atoms with E-state index in [1.54, 1.807) is 6.92 Å². The lowest BCUT2D eigenvalue weighted by Crippen LogP contribution is -2.47. The number of hydrogen-bond donors (Lipinski definition) is 0. The van der Waals surface area contributed by atoms with Gasteiger partial charge in [-0.15, -0.1) is 0 Å². The topological polar surface area (TPSA) is 54.9 Å². The summed E-state index contributed by atoms with van der Waals surface area (Å²) in [6.07, 6.45) is 1.82. The standard InChI is InChI=1S/C15H23N3O3/c1-2-21-15(19)13-20-12-11-17-7-9-18(10-8-17)14-5-3-4-6-16-14/h3-6H,2,7-13H2,1H3. The number of rotatable bonds is 7. The SMILES string of the molecule is CCOC(=O)COCCN1CCN(c2ccccn2)CC1. The van der Waals surface area contributed by atoms with Crippen molar-refractivity contribution in [3.8, 4) is 0 Å². The van der Waals surface area contributed by atoms with E-state index in [1.807, 2.05) is 24.4 Å². The summed E-state index contributed by atoms with van der Waals surface area (Å²) in [5.74, 6) is 0.744. The number of carbonyl (C=O) groups excluding carboxylic acids is 1. The Balaban J connectivity index is 1.60. The van der Waals surface area contributed by atoms with Gasteiger partial charge in [0.25, 0.3) is 0 Å². The molecule has 1 fully saturated rings. The second kappa shape index (κ2) is 8.59. The molecular formula is C15H23N3O3.